The van der Waals surface area contributed by atoms with Crippen molar-refractivity contribution in [1.82, 2.24) is 9.97 Å². The molecule has 2 heterocycles. The number of aromatic amines is 1. The third kappa shape index (κ3) is 2.38. The van der Waals surface area contributed by atoms with Crippen LogP contribution < -0.4 is 5.32 Å². The fraction of sp³-hybridized carbons (Fsp3) is 0.222. The second-order valence-corrected chi connectivity index (χ2v) is 6.65. The van der Waals surface area contributed by atoms with E-state index in [0.717, 1.165) is 17.7 Å². The molecule has 25 heavy (non-hydrogen) atoms. The van der Waals surface area contributed by atoms with E-state index in [1.807, 2.05) is 26.0 Å². The summed E-state index contributed by atoms with van der Waals surface area (Å²) in [6.07, 6.45) is -4.41. The summed E-state index contributed by atoms with van der Waals surface area (Å²) in [5.74, 6) is 0.371. The van der Waals surface area contributed by atoms with E-state index in [-0.39, 0.29) is 11.4 Å². The largest absolute Gasteiger partial charge is 0.416 e. The molecule has 0 atom stereocenters. The van der Waals surface area contributed by atoms with Crippen LogP contribution in [0.3, 0.4) is 0 Å². The molecule has 0 spiro atoms. The summed E-state index contributed by atoms with van der Waals surface area (Å²) in [7, 11) is 0. The van der Waals surface area contributed by atoms with Gasteiger partial charge in [-0.2, -0.15) is 13.2 Å². The molecule has 3 aromatic rings. The van der Waals surface area contributed by atoms with Crippen molar-refractivity contribution in [2.45, 2.75) is 25.4 Å². The first-order valence-corrected chi connectivity index (χ1v) is 7.69. The molecule has 0 aliphatic carbocycles. The van der Waals surface area contributed by atoms with Gasteiger partial charge in [0, 0.05) is 11.3 Å². The lowest BCUT2D eigenvalue weighted by molar-refractivity contribution is -0.137. The number of nitrogens with zero attached hydrogens (tertiary/aromatic N) is 1. The number of carbonyl (C=O) groups is 1. The highest BCUT2D eigenvalue weighted by Crippen LogP contribution is 2.39. The Morgan fingerprint density at radius 3 is 2.56 bits per heavy atom. The normalized spacial score (nSPS) is 16.1. The van der Waals surface area contributed by atoms with Crippen molar-refractivity contribution < 1.29 is 18.0 Å². The van der Waals surface area contributed by atoms with Crippen LogP contribution in [-0.4, -0.2) is 15.9 Å². The fourth-order valence-electron chi connectivity index (χ4n) is 3.06. The van der Waals surface area contributed by atoms with Crippen molar-refractivity contribution in [1.29, 1.82) is 0 Å². The number of aromatic nitrogens is 2. The molecule has 0 unspecified atom stereocenters. The first-order chi connectivity index (χ1) is 11.7. The van der Waals surface area contributed by atoms with Crippen LogP contribution in [-0.2, 0) is 16.4 Å². The van der Waals surface area contributed by atoms with Gasteiger partial charge in [0.1, 0.15) is 5.82 Å². The quantitative estimate of drug-likeness (QED) is 0.683. The Morgan fingerprint density at radius 2 is 1.84 bits per heavy atom. The second-order valence-electron chi connectivity index (χ2n) is 6.65. The zero-order valence-electron chi connectivity index (χ0n) is 13.5. The van der Waals surface area contributed by atoms with E-state index in [0.29, 0.717) is 22.6 Å². The number of carbonyl (C=O) groups excluding carboxylic acids is 1. The number of anilines is 1. The van der Waals surface area contributed by atoms with E-state index >= 15 is 0 Å². The monoisotopic (exact) mass is 345 g/mol. The van der Waals surface area contributed by atoms with Crippen molar-refractivity contribution in [3.8, 4) is 11.4 Å². The number of hydrogen-bond acceptors (Lipinski definition) is 2. The Balaban J connectivity index is 1.78. The minimum absolute atomic E-state index is 0.0842. The molecule has 1 aromatic heterocycles. The number of imidazole rings is 1. The maximum Gasteiger partial charge on any atom is 0.416 e. The smallest absolute Gasteiger partial charge is 0.338 e. The molecule has 2 aromatic carbocycles. The van der Waals surface area contributed by atoms with Crippen LogP contribution in [0.1, 0.15) is 25.0 Å². The Labute approximate surface area is 141 Å². The van der Waals surface area contributed by atoms with Crippen LogP contribution in [0.2, 0.25) is 0 Å². The molecule has 128 valence electrons. The fourth-order valence-corrected chi connectivity index (χ4v) is 3.06. The number of nitrogens with one attached hydrogen (secondary N) is 2. The minimum atomic E-state index is -4.41. The van der Waals surface area contributed by atoms with Gasteiger partial charge in [-0.05, 0) is 43.7 Å². The van der Waals surface area contributed by atoms with Crippen molar-refractivity contribution in [3.05, 3.63) is 47.5 Å². The zero-order chi connectivity index (χ0) is 18.0. The van der Waals surface area contributed by atoms with Crippen LogP contribution in [0.5, 0.6) is 0 Å². The first kappa shape index (κ1) is 15.7. The van der Waals surface area contributed by atoms with E-state index in [2.05, 4.69) is 15.3 Å². The maximum absolute atomic E-state index is 12.8. The van der Waals surface area contributed by atoms with Gasteiger partial charge in [-0.3, -0.25) is 4.79 Å². The average molecular weight is 345 g/mol. The first-order valence-electron chi connectivity index (χ1n) is 7.69. The van der Waals surface area contributed by atoms with Crippen LogP contribution in [0.4, 0.5) is 18.9 Å². The predicted octanol–water partition coefficient (Wildman–Crippen LogP) is 4.48. The van der Waals surface area contributed by atoms with Gasteiger partial charge in [-0.1, -0.05) is 12.1 Å². The highest BCUT2D eigenvalue weighted by atomic mass is 19.4. The summed E-state index contributed by atoms with van der Waals surface area (Å²) in [5.41, 5.74) is 1.70. The number of alkyl halides is 3. The molecule has 0 bridgehead atoms. The highest BCUT2D eigenvalue weighted by molar-refractivity contribution is 6.06. The molecular formula is C18H14F3N3O. The Hall–Kier alpha value is -2.83. The number of fused-ring (bicyclic) bond motifs is 2. The van der Waals surface area contributed by atoms with E-state index in [1.165, 1.54) is 6.07 Å². The third-order valence-electron chi connectivity index (χ3n) is 4.59. The number of amides is 1. The van der Waals surface area contributed by atoms with Gasteiger partial charge in [0.05, 0.1) is 22.0 Å². The van der Waals surface area contributed by atoms with Crippen LogP contribution in [0.25, 0.3) is 22.4 Å². The summed E-state index contributed by atoms with van der Waals surface area (Å²) in [6.45, 7) is 3.68. The standard InChI is InChI=1S/C18H14F3N3O/c1-17(2)11-5-3-9(7-13(11)24-16(17)25)15-22-12-6-4-10(18(19,20)21)8-14(12)23-15/h3-8H,1-2H3,(H,22,23)(H,24,25). The van der Waals surface area contributed by atoms with Crippen LogP contribution in [0.15, 0.2) is 36.4 Å². The predicted molar refractivity (Wildman–Crippen MR) is 88.2 cm³/mol. The maximum atomic E-state index is 12.8. The molecule has 0 saturated heterocycles. The lowest BCUT2D eigenvalue weighted by atomic mass is 9.86. The summed E-state index contributed by atoms with van der Waals surface area (Å²) >= 11 is 0. The molecular weight excluding hydrogens is 331 g/mol. The lowest BCUT2D eigenvalue weighted by Crippen LogP contribution is -2.26. The van der Waals surface area contributed by atoms with Gasteiger partial charge >= 0.3 is 6.18 Å². The van der Waals surface area contributed by atoms with E-state index in [1.54, 1.807) is 6.07 Å². The lowest BCUT2D eigenvalue weighted by Gasteiger charge is -2.14. The van der Waals surface area contributed by atoms with Crippen LogP contribution >= 0.6 is 0 Å². The molecule has 4 rings (SSSR count). The molecule has 0 radical (unpaired) electrons. The van der Waals surface area contributed by atoms with Gasteiger partial charge < -0.3 is 10.3 Å². The molecule has 1 aliphatic rings. The highest BCUT2D eigenvalue weighted by Gasteiger charge is 2.38. The van der Waals surface area contributed by atoms with Crippen molar-refractivity contribution in [3.63, 3.8) is 0 Å². The molecule has 1 amide bonds. The Bertz CT molecular complexity index is 1020. The molecule has 0 fully saturated rings. The van der Waals surface area contributed by atoms with Gasteiger partial charge in [0.2, 0.25) is 5.91 Å². The number of rotatable bonds is 1. The molecule has 0 saturated carbocycles. The van der Waals surface area contributed by atoms with E-state index in [4.69, 9.17) is 0 Å². The van der Waals surface area contributed by atoms with Gasteiger partial charge in [-0.15, -0.1) is 0 Å². The summed E-state index contributed by atoms with van der Waals surface area (Å²) in [4.78, 5) is 19.3. The average Bonchev–Trinajstić information content (AvgIpc) is 3.05. The Kier molecular flexibility index (Phi) is 3.04. The summed E-state index contributed by atoms with van der Waals surface area (Å²) in [5, 5.41) is 2.83. The SMILES string of the molecule is CC1(C)C(=O)Nc2cc(-c3nc4cc(C(F)(F)F)ccc4[nH]3)ccc21. The molecule has 7 heteroatoms. The molecule has 1 aliphatic heterocycles. The Morgan fingerprint density at radius 1 is 1.08 bits per heavy atom. The van der Waals surface area contributed by atoms with E-state index in [9.17, 15) is 18.0 Å². The van der Waals surface area contributed by atoms with Gasteiger partial charge in [0.25, 0.3) is 0 Å². The van der Waals surface area contributed by atoms with Gasteiger partial charge in [-0.25, -0.2) is 4.98 Å². The number of H-pyrrole nitrogens is 1. The summed E-state index contributed by atoms with van der Waals surface area (Å²) in [6, 6.07) is 8.85. The number of hydrogen-bond donors (Lipinski definition) is 2. The topological polar surface area (TPSA) is 57.8 Å². The zero-order valence-corrected chi connectivity index (χ0v) is 13.5. The molecule has 2 N–H and O–H groups in total. The van der Waals surface area contributed by atoms with Gasteiger partial charge in [0.15, 0.2) is 0 Å². The van der Waals surface area contributed by atoms with Crippen molar-refractivity contribution >= 4 is 22.6 Å². The van der Waals surface area contributed by atoms with Crippen LogP contribution in [0, 0.1) is 0 Å². The minimum Gasteiger partial charge on any atom is -0.338 e. The molecule has 4 nitrogen and oxygen atoms in total. The van der Waals surface area contributed by atoms with Crippen molar-refractivity contribution in [2.24, 2.45) is 0 Å². The summed E-state index contributed by atoms with van der Waals surface area (Å²) < 4.78 is 38.5. The third-order valence-corrected chi connectivity index (χ3v) is 4.59. The second kappa shape index (κ2) is 4.84. The number of halogens is 3. The van der Waals surface area contributed by atoms with E-state index < -0.39 is 17.2 Å². The van der Waals surface area contributed by atoms with Crippen molar-refractivity contribution in [2.75, 3.05) is 5.32 Å². The number of benzene rings is 2.